The maximum atomic E-state index is 12.8. The Morgan fingerprint density at radius 1 is 1.45 bits per heavy atom. The molecule has 0 saturated carbocycles. The molecule has 11 heteroatoms. The van der Waals surface area contributed by atoms with Gasteiger partial charge in [0.1, 0.15) is 0 Å². The van der Waals surface area contributed by atoms with Gasteiger partial charge < -0.3 is 5.32 Å². The summed E-state index contributed by atoms with van der Waals surface area (Å²) in [7, 11) is 0. The zero-order chi connectivity index (χ0) is 21.2. The number of nitrogens with one attached hydrogen (secondary N) is 2. The highest BCUT2D eigenvalue weighted by Gasteiger charge is 2.30. The minimum absolute atomic E-state index is 0.201. The lowest BCUT2D eigenvalue weighted by molar-refractivity contribution is -0.137. The quantitative estimate of drug-likeness (QED) is 0.429. The number of anilines is 1. The minimum Gasteiger partial charge on any atom is -0.302 e. The van der Waals surface area contributed by atoms with E-state index in [1.807, 2.05) is 0 Å². The van der Waals surface area contributed by atoms with Gasteiger partial charge in [-0.3, -0.25) is 14.5 Å². The average molecular weight is 439 g/mol. The number of nitrogens with zero attached hydrogens (tertiary/aromatic N) is 3. The van der Waals surface area contributed by atoms with Crippen LogP contribution in [0.4, 0.5) is 18.3 Å². The zero-order valence-electron chi connectivity index (χ0n) is 15.2. The van der Waals surface area contributed by atoms with Crippen molar-refractivity contribution >= 4 is 34.6 Å². The van der Waals surface area contributed by atoms with E-state index in [1.54, 1.807) is 17.6 Å². The highest BCUT2D eigenvalue weighted by Crippen LogP contribution is 2.32. The van der Waals surface area contributed by atoms with Gasteiger partial charge in [0.15, 0.2) is 15.7 Å². The van der Waals surface area contributed by atoms with Gasteiger partial charge in [0.25, 0.3) is 0 Å². The van der Waals surface area contributed by atoms with Crippen LogP contribution in [-0.4, -0.2) is 25.7 Å². The van der Waals surface area contributed by atoms with E-state index >= 15 is 0 Å². The van der Waals surface area contributed by atoms with Gasteiger partial charge in [-0.1, -0.05) is 35.6 Å². The number of hydrogen-bond acceptors (Lipinski definition) is 5. The molecule has 0 spiro atoms. The molecule has 152 valence electrons. The van der Waals surface area contributed by atoms with Crippen molar-refractivity contribution in [3.05, 3.63) is 58.5 Å². The van der Waals surface area contributed by atoms with Crippen molar-refractivity contribution in [2.45, 2.75) is 26.1 Å². The van der Waals surface area contributed by atoms with Crippen molar-refractivity contribution in [1.82, 2.24) is 19.7 Å². The molecule has 0 unspecified atom stereocenters. The lowest BCUT2D eigenvalue weighted by Crippen LogP contribution is -2.15. The van der Waals surface area contributed by atoms with Crippen LogP contribution in [0.1, 0.15) is 16.8 Å². The molecule has 0 aliphatic heterocycles. The highest BCUT2D eigenvalue weighted by atomic mass is 32.1. The number of carbonyl (C=O) groups is 1. The van der Waals surface area contributed by atoms with Crippen molar-refractivity contribution in [2.75, 3.05) is 5.32 Å². The summed E-state index contributed by atoms with van der Waals surface area (Å²) in [4.78, 5) is 17.3. The monoisotopic (exact) mass is 439 g/mol. The fourth-order valence-electron chi connectivity index (χ4n) is 2.65. The van der Waals surface area contributed by atoms with Crippen LogP contribution in [-0.2, 0) is 23.9 Å². The predicted octanol–water partition coefficient (Wildman–Crippen LogP) is 4.76. The summed E-state index contributed by atoms with van der Waals surface area (Å²) in [5.41, 5.74) is 0.113. The van der Waals surface area contributed by atoms with Gasteiger partial charge in [0.05, 0.1) is 22.6 Å². The molecule has 6 nitrogen and oxygen atoms in total. The Kier molecular flexibility index (Phi) is 5.99. The molecule has 0 fully saturated rings. The Morgan fingerprint density at radius 3 is 2.90 bits per heavy atom. The van der Waals surface area contributed by atoms with Crippen LogP contribution < -0.4 is 5.32 Å². The number of halogens is 3. The molecule has 0 saturated heterocycles. The summed E-state index contributed by atoms with van der Waals surface area (Å²) in [5.74, 6) is 0.109. The summed E-state index contributed by atoms with van der Waals surface area (Å²) in [6.45, 7) is 5.92. The molecule has 3 aromatic rings. The topological polar surface area (TPSA) is 75.6 Å². The number of aryl methyl sites for hydroxylation is 1. The Labute approximate surface area is 173 Å². The van der Waals surface area contributed by atoms with Crippen LogP contribution in [0.5, 0.6) is 0 Å². The number of benzene rings is 1. The maximum Gasteiger partial charge on any atom is 0.416 e. The lowest BCUT2D eigenvalue weighted by atomic mass is 10.1. The Balaban J connectivity index is 1.77. The summed E-state index contributed by atoms with van der Waals surface area (Å²) < 4.78 is 40.6. The molecular weight excluding hydrogens is 423 g/mol. The molecule has 3 rings (SSSR count). The van der Waals surface area contributed by atoms with E-state index in [2.05, 4.69) is 27.1 Å². The SMILES string of the molecule is C=CCn1c(-c2sc(NC(=O)Cc3cccc(C(F)(F)F)c3)nc2C)n[nH]c1=S. The smallest absolute Gasteiger partial charge is 0.302 e. The number of carbonyl (C=O) groups excluding carboxylic acids is 1. The minimum atomic E-state index is -4.46. The molecule has 2 heterocycles. The van der Waals surface area contributed by atoms with Gasteiger partial charge in [0.2, 0.25) is 5.91 Å². The van der Waals surface area contributed by atoms with Crippen molar-refractivity contribution in [1.29, 1.82) is 0 Å². The van der Waals surface area contributed by atoms with Crippen LogP contribution in [0, 0.1) is 11.7 Å². The van der Waals surface area contributed by atoms with Crippen LogP contribution >= 0.6 is 23.6 Å². The number of amides is 1. The number of rotatable bonds is 6. The van der Waals surface area contributed by atoms with E-state index in [1.165, 1.54) is 23.5 Å². The first-order valence-electron chi connectivity index (χ1n) is 8.39. The second-order valence-electron chi connectivity index (χ2n) is 6.11. The van der Waals surface area contributed by atoms with Gasteiger partial charge in [-0.05, 0) is 30.8 Å². The van der Waals surface area contributed by atoms with E-state index < -0.39 is 17.6 Å². The molecule has 1 aromatic carbocycles. The van der Waals surface area contributed by atoms with Gasteiger partial charge in [0, 0.05) is 6.54 Å². The number of H-pyrrole nitrogens is 1. The van der Waals surface area contributed by atoms with Gasteiger partial charge >= 0.3 is 6.18 Å². The molecule has 2 N–H and O–H groups in total. The third kappa shape index (κ3) is 4.80. The third-order valence-electron chi connectivity index (χ3n) is 3.93. The number of aromatic amines is 1. The first-order valence-corrected chi connectivity index (χ1v) is 9.61. The second-order valence-corrected chi connectivity index (χ2v) is 7.49. The van der Waals surface area contributed by atoms with E-state index in [-0.39, 0.29) is 12.0 Å². The number of hydrogen-bond donors (Lipinski definition) is 2. The largest absolute Gasteiger partial charge is 0.416 e. The summed E-state index contributed by atoms with van der Waals surface area (Å²) in [5, 5.41) is 9.88. The molecule has 0 radical (unpaired) electrons. The molecule has 0 aliphatic carbocycles. The van der Waals surface area contributed by atoms with Gasteiger partial charge in [-0.15, -0.1) is 6.58 Å². The Hall–Kier alpha value is -2.79. The average Bonchev–Trinajstić information content (AvgIpc) is 3.17. The van der Waals surface area contributed by atoms with E-state index in [4.69, 9.17) is 12.2 Å². The molecular formula is C18H16F3N5OS2. The van der Waals surface area contributed by atoms with Crippen molar-refractivity contribution in [3.8, 4) is 10.7 Å². The molecule has 1 amide bonds. The first-order chi connectivity index (χ1) is 13.7. The number of thiazole rings is 1. The predicted molar refractivity (Wildman–Crippen MR) is 107 cm³/mol. The summed E-state index contributed by atoms with van der Waals surface area (Å²) >= 11 is 6.40. The van der Waals surface area contributed by atoms with E-state index in [0.717, 1.165) is 12.1 Å². The van der Waals surface area contributed by atoms with Gasteiger partial charge in [-0.2, -0.15) is 18.3 Å². The summed E-state index contributed by atoms with van der Waals surface area (Å²) in [6, 6.07) is 4.68. The molecule has 29 heavy (non-hydrogen) atoms. The van der Waals surface area contributed by atoms with Crippen LogP contribution in [0.25, 0.3) is 10.7 Å². The van der Waals surface area contributed by atoms with Crippen LogP contribution in [0.3, 0.4) is 0 Å². The molecule has 0 atom stereocenters. The molecule has 0 aliphatic rings. The maximum absolute atomic E-state index is 12.8. The van der Waals surface area contributed by atoms with Crippen LogP contribution in [0.15, 0.2) is 36.9 Å². The van der Waals surface area contributed by atoms with E-state index in [0.29, 0.717) is 32.8 Å². The van der Waals surface area contributed by atoms with Crippen molar-refractivity contribution in [2.24, 2.45) is 0 Å². The van der Waals surface area contributed by atoms with Gasteiger partial charge in [-0.25, -0.2) is 4.98 Å². The van der Waals surface area contributed by atoms with Crippen LogP contribution in [0.2, 0.25) is 0 Å². The fraction of sp³-hybridized carbons (Fsp3) is 0.222. The third-order valence-corrected chi connectivity index (χ3v) is 5.32. The Bertz CT molecular complexity index is 1110. The highest BCUT2D eigenvalue weighted by molar-refractivity contribution is 7.71. The summed E-state index contributed by atoms with van der Waals surface area (Å²) in [6.07, 6.45) is -2.97. The number of allylic oxidation sites excluding steroid dienone is 1. The lowest BCUT2D eigenvalue weighted by Gasteiger charge is -2.08. The van der Waals surface area contributed by atoms with Crippen molar-refractivity contribution in [3.63, 3.8) is 0 Å². The number of aromatic nitrogens is 4. The standard InChI is InChI=1S/C18H16F3N5OS2/c1-3-7-26-15(24-25-17(26)28)14-10(2)22-16(29-14)23-13(27)9-11-5-4-6-12(8-11)18(19,20)21/h3-6,8H,1,7,9H2,2H3,(H,25,28)(H,22,23,27). The molecule has 2 aromatic heterocycles. The molecule has 0 bridgehead atoms. The zero-order valence-corrected chi connectivity index (χ0v) is 16.8. The second kappa shape index (κ2) is 8.29. The Morgan fingerprint density at radius 2 is 2.21 bits per heavy atom. The normalized spacial score (nSPS) is 11.4. The number of alkyl halides is 3. The first kappa shape index (κ1) is 20.9. The van der Waals surface area contributed by atoms with Crippen molar-refractivity contribution < 1.29 is 18.0 Å². The fourth-order valence-corrected chi connectivity index (χ4v) is 3.84. The van der Waals surface area contributed by atoms with E-state index in [9.17, 15) is 18.0 Å².